The van der Waals surface area contributed by atoms with Crippen LogP contribution in [0.1, 0.15) is 33.5 Å². The number of carbonyl (C=O) groups is 3. The van der Waals surface area contributed by atoms with Gasteiger partial charge in [0.05, 0.1) is 13.0 Å². The molecule has 6 heteroatoms. The van der Waals surface area contributed by atoms with Crippen LogP contribution in [0.4, 0.5) is 0 Å². The summed E-state index contributed by atoms with van der Waals surface area (Å²) in [6, 6.07) is 25.2. The van der Waals surface area contributed by atoms with E-state index < -0.39 is 29.9 Å². The van der Waals surface area contributed by atoms with E-state index in [1.54, 1.807) is 78.9 Å². The number of hydrogen-bond donors (Lipinski definition) is 1. The summed E-state index contributed by atoms with van der Waals surface area (Å²) in [5.41, 5.74) is 1.64. The van der Waals surface area contributed by atoms with E-state index >= 15 is 0 Å². The van der Waals surface area contributed by atoms with E-state index in [-0.39, 0.29) is 5.78 Å². The van der Waals surface area contributed by atoms with Gasteiger partial charge in [-0.05, 0) is 11.1 Å². The van der Waals surface area contributed by atoms with E-state index in [0.29, 0.717) is 16.7 Å². The number of ether oxygens (including phenoxy) is 2. The Hall–Kier alpha value is -3.77. The Kier molecular flexibility index (Phi) is 7.89. The minimum absolute atomic E-state index is 0.304. The molecule has 0 aliphatic carbocycles. The Morgan fingerprint density at radius 1 is 0.719 bits per heavy atom. The fraction of sp³-hybridized carbons (Fsp3) is 0.192. The van der Waals surface area contributed by atoms with Gasteiger partial charge >= 0.3 is 5.97 Å². The normalized spacial score (nSPS) is 13.4. The number of esters is 1. The van der Waals surface area contributed by atoms with Gasteiger partial charge < -0.3 is 14.8 Å². The van der Waals surface area contributed by atoms with Crippen LogP contribution in [-0.4, -0.2) is 37.9 Å². The lowest BCUT2D eigenvalue weighted by Gasteiger charge is -2.27. The lowest BCUT2D eigenvalue weighted by molar-refractivity contribution is -0.147. The van der Waals surface area contributed by atoms with Gasteiger partial charge in [0.2, 0.25) is 0 Å². The number of carbonyl (C=O) groups excluding carboxylic acids is 3. The lowest BCUT2D eigenvalue weighted by Crippen LogP contribution is -2.49. The van der Waals surface area contributed by atoms with Crippen molar-refractivity contribution in [2.45, 2.75) is 18.1 Å². The van der Waals surface area contributed by atoms with Gasteiger partial charge in [0, 0.05) is 12.7 Å². The minimum Gasteiger partial charge on any atom is -0.467 e. The molecule has 1 N–H and O–H groups in total. The van der Waals surface area contributed by atoms with Crippen molar-refractivity contribution in [2.24, 2.45) is 0 Å². The largest absolute Gasteiger partial charge is 0.467 e. The number of Topliss-reactive ketones (excluding diaryl/α,β-unsaturated/α-hetero) is 1. The molecule has 6 nitrogen and oxygen atoms in total. The molecule has 0 aliphatic rings. The highest BCUT2D eigenvalue weighted by Gasteiger charge is 2.38. The van der Waals surface area contributed by atoms with E-state index in [9.17, 15) is 14.4 Å². The summed E-state index contributed by atoms with van der Waals surface area (Å²) in [6.07, 6.45) is -0.952. The number of rotatable bonds is 9. The third kappa shape index (κ3) is 5.28. The van der Waals surface area contributed by atoms with Gasteiger partial charge in [0.15, 0.2) is 11.9 Å². The van der Waals surface area contributed by atoms with E-state index in [2.05, 4.69) is 5.32 Å². The van der Waals surface area contributed by atoms with Crippen molar-refractivity contribution in [1.29, 1.82) is 0 Å². The Morgan fingerprint density at radius 3 is 1.72 bits per heavy atom. The van der Waals surface area contributed by atoms with Gasteiger partial charge in [-0.25, -0.2) is 4.79 Å². The molecule has 0 heterocycles. The molecule has 32 heavy (non-hydrogen) atoms. The SMILES string of the molecule is COC(=O)[C@H](NC(=O)[C@H](OC)c1ccccc1)[C@@H](C(=O)c1ccccc1)c1ccccc1. The standard InChI is InChI=1S/C26H25NO5/c1-31-24(20-16-10-5-11-17-20)25(29)27-22(26(30)32-2)21(18-12-6-3-7-13-18)23(28)19-14-8-4-9-15-19/h3-17,21-22,24H,1-2H3,(H,27,29)/t21-,22+,24+/m0/s1. The molecule has 0 aromatic heterocycles. The van der Waals surface area contributed by atoms with Crippen LogP contribution >= 0.6 is 0 Å². The summed E-state index contributed by atoms with van der Waals surface area (Å²) in [4.78, 5) is 39.5. The van der Waals surface area contributed by atoms with Crippen molar-refractivity contribution in [2.75, 3.05) is 14.2 Å². The van der Waals surface area contributed by atoms with Crippen LogP contribution in [0, 0.1) is 0 Å². The zero-order chi connectivity index (χ0) is 22.9. The number of nitrogens with one attached hydrogen (secondary N) is 1. The number of benzene rings is 3. The van der Waals surface area contributed by atoms with Gasteiger partial charge in [-0.1, -0.05) is 91.0 Å². The van der Waals surface area contributed by atoms with Gasteiger partial charge in [-0.15, -0.1) is 0 Å². The molecule has 3 aromatic carbocycles. The maximum Gasteiger partial charge on any atom is 0.329 e. The van der Waals surface area contributed by atoms with Crippen LogP contribution in [0.3, 0.4) is 0 Å². The van der Waals surface area contributed by atoms with Crippen molar-refractivity contribution in [3.63, 3.8) is 0 Å². The summed E-state index contributed by atoms with van der Waals surface area (Å²) in [7, 11) is 2.63. The first kappa shape index (κ1) is 22.9. The van der Waals surface area contributed by atoms with Crippen molar-refractivity contribution in [3.8, 4) is 0 Å². The van der Waals surface area contributed by atoms with Crippen molar-refractivity contribution >= 4 is 17.7 Å². The molecule has 0 unspecified atom stereocenters. The fourth-order valence-corrected chi connectivity index (χ4v) is 3.59. The van der Waals surface area contributed by atoms with Crippen LogP contribution in [0.5, 0.6) is 0 Å². The monoisotopic (exact) mass is 431 g/mol. The Morgan fingerprint density at radius 2 is 1.22 bits per heavy atom. The Labute approximate surface area is 187 Å². The van der Waals surface area contributed by atoms with Gasteiger partial charge in [0.25, 0.3) is 5.91 Å². The lowest BCUT2D eigenvalue weighted by atomic mass is 9.84. The van der Waals surface area contributed by atoms with Crippen LogP contribution in [-0.2, 0) is 19.1 Å². The van der Waals surface area contributed by atoms with E-state index in [4.69, 9.17) is 9.47 Å². The molecule has 3 atom stereocenters. The second-order valence-electron chi connectivity index (χ2n) is 7.15. The summed E-state index contributed by atoms with van der Waals surface area (Å²) in [5, 5.41) is 2.71. The second kappa shape index (κ2) is 11.0. The van der Waals surface area contributed by atoms with Crippen LogP contribution in [0.25, 0.3) is 0 Å². The molecular formula is C26H25NO5. The van der Waals surface area contributed by atoms with Crippen molar-refractivity contribution in [3.05, 3.63) is 108 Å². The smallest absolute Gasteiger partial charge is 0.329 e. The topological polar surface area (TPSA) is 81.7 Å². The van der Waals surface area contributed by atoms with Crippen LogP contribution < -0.4 is 5.32 Å². The second-order valence-corrected chi connectivity index (χ2v) is 7.15. The van der Waals surface area contributed by atoms with E-state index in [0.717, 1.165) is 0 Å². The third-order valence-electron chi connectivity index (χ3n) is 5.16. The molecule has 0 spiro atoms. The molecule has 0 radical (unpaired) electrons. The average molecular weight is 431 g/mol. The van der Waals surface area contributed by atoms with Crippen molar-refractivity contribution < 1.29 is 23.9 Å². The molecule has 3 aromatic rings. The molecule has 0 saturated heterocycles. The first-order valence-electron chi connectivity index (χ1n) is 10.2. The molecule has 0 aliphatic heterocycles. The van der Waals surface area contributed by atoms with E-state index in [1.165, 1.54) is 14.2 Å². The van der Waals surface area contributed by atoms with Gasteiger partial charge in [-0.3, -0.25) is 9.59 Å². The molecular weight excluding hydrogens is 406 g/mol. The predicted molar refractivity (Wildman–Crippen MR) is 120 cm³/mol. The summed E-state index contributed by atoms with van der Waals surface area (Å²) < 4.78 is 10.4. The maximum absolute atomic E-state index is 13.5. The van der Waals surface area contributed by atoms with Gasteiger partial charge in [-0.2, -0.15) is 0 Å². The highest BCUT2D eigenvalue weighted by molar-refractivity contribution is 6.05. The zero-order valence-electron chi connectivity index (χ0n) is 17.9. The van der Waals surface area contributed by atoms with Crippen molar-refractivity contribution in [1.82, 2.24) is 5.32 Å². The van der Waals surface area contributed by atoms with Crippen LogP contribution in [0.2, 0.25) is 0 Å². The fourth-order valence-electron chi connectivity index (χ4n) is 3.59. The van der Waals surface area contributed by atoms with Crippen LogP contribution in [0.15, 0.2) is 91.0 Å². The highest BCUT2D eigenvalue weighted by Crippen LogP contribution is 2.27. The average Bonchev–Trinajstić information content (AvgIpc) is 2.85. The summed E-state index contributed by atoms with van der Waals surface area (Å²) in [5.74, 6) is -2.56. The summed E-state index contributed by atoms with van der Waals surface area (Å²) >= 11 is 0. The highest BCUT2D eigenvalue weighted by atomic mass is 16.5. The van der Waals surface area contributed by atoms with Gasteiger partial charge in [0.1, 0.15) is 6.04 Å². The molecule has 0 bridgehead atoms. The Bertz CT molecular complexity index is 1040. The molecule has 0 saturated carbocycles. The quantitative estimate of drug-likeness (QED) is 0.413. The minimum atomic E-state index is -1.25. The number of hydrogen-bond acceptors (Lipinski definition) is 5. The molecule has 0 fully saturated rings. The molecule has 3 rings (SSSR count). The number of methoxy groups -OCH3 is 2. The first-order valence-corrected chi connectivity index (χ1v) is 10.2. The third-order valence-corrected chi connectivity index (χ3v) is 5.16. The molecule has 1 amide bonds. The summed E-state index contributed by atoms with van der Waals surface area (Å²) in [6.45, 7) is 0. The maximum atomic E-state index is 13.5. The number of amides is 1. The van der Waals surface area contributed by atoms with E-state index in [1.807, 2.05) is 12.1 Å². The number of ketones is 1. The zero-order valence-corrected chi connectivity index (χ0v) is 17.9. The molecule has 164 valence electrons. The first-order chi connectivity index (χ1) is 15.6. The Balaban J connectivity index is 2.00. The predicted octanol–water partition coefficient (Wildman–Crippen LogP) is 3.70.